The van der Waals surface area contributed by atoms with E-state index in [1.54, 1.807) is 0 Å². The molecule has 276 valence electrons. The molecule has 1 unspecified atom stereocenters. The Labute approximate surface area is 336 Å². The number of aryl methyl sites for hydroxylation is 2. The molecule has 0 fully saturated rings. The number of benzene rings is 8. The Morgan fingerprint density at radius 3 is 1.79 bits per heavy atom. The SMILES string of the molecule is Cc1ccc(N(c2ccc3c4c5c(ccc24)C=CC(N(c2ccc(C)cc2)c2cccc4c2oc2ccccc24)C5=CC3)c2cccc3c2oc2ccccc23)cc1. The van der Waals surface area contributed by atoms with Gasteiger partial charge in [0.1, 0.15) is 11.2 Å². The molecule has 0 bridgehead atoms. The molecule has 0 N–H and O–H groups in total. The highest BCUT2D eigenvalue weighted by Crippen LogP contribution is 2.50. The van der Waals surface area contributed by atoms with E-state index in [9.17, 15) is 0 Å². The average molecular weight is 747 g/mol. The number of allylic oxidation sites excluding steroid dienone is 1. The molecule has 58 heavy (non-hydrogen) atoms. The second kappa shape index (κ2) is 12.6. The summed E-state index contributed by atoms with van der Waals surface area (Å²) in [6.45, 7) is 4.29. The van der Waals surface area contributed by atoms with Gasteiger partial charge in [-0.2, -0.15) is 0 Å². The molecule has 12 rings (SSSR count). The largest absolute Gasteiger partial charge is 0.454 e. The summed E-state index contributed by atoms with van der Waals surface area (Å²) in [7, 11) is 0. The van der Waals surface area contributed by atoms with Gasteiger partial charge >= 0.3 is 0 Å². The van der Waals surface area contributed by atoms with Crippen LogP contribution in [0.1, 0.15) is 27.8 Å². The van der Waals surface area contributed by atoms with Crippen molar-refractivity contribution in [2.75, 3.05) is 9.80 Å². The summed E-state index contributed by atoms with van der Waals surface area (Å²) in [5.41, 5.74) is 16.6. The maximum absolute atomic E-state index is 6.71. The van der Waals surface area contributed by atoms with Crippen molar-refractivity contribution in [2.24, 2.45) is 0 Å². The molecule has 4 nitrogen and oxygen atoms in total. The number of hydrogen-bond acceptors (Lipinski definition) is 4. The lowest BCUT2D eigenvalue weighted by molar-refractivity contribution is 0.667. The Balaban J connectivity index is 1.07. The summed E-state index contributed by atoms with van der Waals surface area (Å²) >= 11 is 0. The van der Waals surface area contributed by atoms with Crippen LogP contribution in [0.5, 0.6) is 0 Å². The van der Waals surface area contributed by atoms with Crippen LogP contribution in [0.25, 0.3) is 66.3 Å². The number of furan rings is 2. The van der Waals surface area contributed by atoms with Crippen LogP contribution in [-0.2, 0) is 6.42 Å². The van der Waals surface area contributed by atoms with Crippen molar-refractivity contribution >= 4 is 94.7 Å². The van der Waals surface area contributed by atoms with E-state index in [1.807, 2.05) is 12.1 Å². The van der Waals surface area contributed by atoms with Gasteiger partial charge in [0.25, 0.3) is 0 Å². The fourth-order valence-electron chi connectivity index (χ4n) is 9.53. The van der Waals surface area contributed by atoms with Crippen LogP contribution < -0.4 is 9.80 Å². The first-order valence-corrected chi connectivity index (χ1v) is 20.1. The van der Waals surface area contributed by atoms with E-state index < -0.39 is 0 Å². The number of anilines is 5. The monoisotopic (exact) mass is 746 g/mol. The van der Waals surface area contributed by atoms with Crippen molar-refractivity contribution in [3.8, 4) is 0 Å². The molecular formula is C54H38N2O2. The Kier molecular flexibility index (Phi) is 7.15. The highest BCUT2D eigenvalue weighted by atomic mass is 16.3. The van der Waals surface area contributed by atoms with Crippen molar-refractivity contribution in [2.45, 2.75) is 26.3 Å². The van der Waals surface area contributed by atoms with Gasteiger partial charge in [0.15, 0.2) is 11.2 Å². The molecule has 2 aliphatic rings. The molecular weight excluding hydrogens is 709 g/mol. The molecule has 0 radical (unpaired) electrons. The quantitative estimate of drug-likeness (QED) is 0.170. The summed E-state index contributed by atoms with van der Waals surface area (Å²) in [6, 6.07) is 56.7. The van der Waals surface area contributed by atoms with Gasteiger partial charge < -0.3 is 18.6 Å². The molecule has 2 aromatic heterocycles. The molecule has 10 aromatic rings. The zero-order chi connectivity index (χ0) is 38.5. The van der Waals surface area contributed by atoms with Gasteiger partial charge in [0, 0.05) is 38.3 Å². The highest BCUT2D eigenvalue weighted by molar-refractivity contribution is 6.15. The first-order chi connectivity index (χ1) is 28.6. The highest BCUT2D eigenvalue weighted by Gasteiger charge is 2.33. The van der Waals surface area contributed by atoms with Crippen LogP contribution in [0.4, 0.5) is 28.4 Å². The summed E-state index contributed by atoms with van der Waals surface area (Å²) in [6.07, 6.45) is 8.00. The van der Waals surface area contributed by atoms with Crippen molar-refractivity contribution in [3.63, 3.8) is 0 Å². The maximum atomic E-state index is 6.71. The van der Waals surface area contributed by atoms with Crippen molar-refractivity contribution in [1.82, 2.24) is 0 Å². The molecule has 0 amide bonds. The fraction of sp³-hybridized carbons (Fsp3) is 0.0741. The summed E-state index contributed by atoms with van der Waals surface area (Å²) < 4.78 is 13.4. The second-order valence-corrected chi connectivity index (χ2v) is 15.7. The first-order valence-electron chi connectivity index (χ1n) is 20.1. The molecule has 1 atom stereocenters. The second-order valence-electron chi connectivity index (χ2n) is 15.7. The molecule has 0 spiro atoms. The van der Waals surface area contributed by atoms with Gasteiger partial charge in [-0.1, -0.05) is 132 Å². The maximum Gasteiger partial charge on any atom is 0.159 e. The number of fused-ring (bicyclic) bond motifs is 6. The number of nitrogens with zero attached hydrogens (tertiary/aromatic N) is 2. The zero-order valence-corrected chi connectivity index (χ0v) is 32.2. The van der Waals surface area contributed by atoms with E-state index >= 15 is 0 Å². The van der Waals surface area contributed by atoms with Crippen LogP contribution in [0.3, 0.4) is 0 Å². The standard InChI is InChI=1S/C54H38N2O2/c1-33-17-25-37(26-18-33)55(47-13-7-11-41-39-9-3-5-15-49(39)57-53(41)47)45-31-23-35-22-30-44-46(32-24-36-21-29-43(45)51(35)52(36)44)56(38-27-19-34(2)20-28-38)48-14-8-12-42-40-10-4-6-16-50(40)58-54(42)48/h3-21,23-32,46H,22H2,1-2H3. The van der Waals surface area contributed by atoms with Crippen LogP contribution in [0.2, 0.25) is 0 Å². The molecule has 0 saturated carbocycles. The van der Waals surface area contributed by atoms with Crippen molar-refractivity contribution in [3.05, 3.63) is 198 Å². The lowest BCUT2D eigenvalue weighted by Gasteiger charge is -2.38. The summed E-state index contributed by atoms with van der Waals surface area (Å²) in [5, 5.41) is 7.00. The number of rotatable bonds is 6. The van der Waals surface area contributed by atoms with Crippen molar-refractivity contribution < 1.29 is 8.83 Å². The normalized spacial score (nSPS) is 14.5. The van der Waals surface area contributed by atoms with Gasteiger partial charge in [-0.05, 0) is 103 Å². The fourth-order valence-corrected chi connectivity index (χ4v) is 9.53. The minimum absolute atomic E-state index is 0.0751. The first kappa shape index (κ1) is 32.9. The van der Waals surface area contributed by atoms with Crippen molar-refractivity contribution in [1.29, 1.82) is 0 Å². The Morgan fingerprint density at radius 1 is 0.500 bits per heavy atom. The van der Waals surface area contributed by atoms with Crippen LogP contribution >= 0.6 is 0 Å². The third-order valence-electron chi connectivity index (χ3n) is 12.3. The van der Waals surface area contributed by atoms with Crippen LogP contribution in [0.15, 0.2) is 179 Å². The minimum Gasteiger partial charge on any atom is -0.454 e. The van der Waals surface area contributed by atoms with Crippen LogP contribution in [0, 0.1) is 13.8 Å². The Bertz CT molecular complexity index is 3340. The van der Waals surface area contributed by atoms with E-state index in [2.05, 4.69) is 187 Å². The average Bonchev–Trinajstić information content (AvgIpc) is 3.85. The predicted molar refractivity (Wildman–Crippen MR) is 242 cm³/mol. The Hall–Kier alpha value is -7.30. The molecule has 8 aromatic carbocycles. The molecule has 2 aliphatic carbocycles. The summed E-state index contributed by atoms with van der Waals surface area (Å²) in [5.74, 6) is 0. The third-order valence-corrected chi connectivity index (χ3v) is 12.3. The topological polar surface area (TPSA) is 32.8 Å². The van der Waals surface area contributed by atoms with Crippen LogP contribution in [-0.4, -0.2) is 6.04 Å². The minimum atomic E-state index is -0.0751. The third kappa shape index (κ3) is 4.88. The number of para-hydroxylation sites is 4. The smallest absolute Gasteiger partial charge is 0.159 e. The van der Waals surface area contributed by atoms with E-state index in [1.165, 1.54) is 44.2 Å². The van der Waals surface area contributed by atoms with E-state index in [4.69, 9.17) is 8.83 Å². The van der Waals surface area contributed by atoms with Gasteiger partial charge in [-0.3, -0.25) is 0 Å². The number of hydrogen-bond donors (Lipinski definition) is 0. The van der Waals surface area contributed by atoms with Gasteiger partial charge in [0.2, 0.25) is 0 Å². The zero-order valence-electron chi connectivity index (χ0n) is 32.2. The van der Waals surface area contributed by atoms with Gasteiger partial charge in [0.05, 0.1) is 23.1 Å². The van der Waals surface area contributed by atoms with Gasteiger partial charge in [-0.15, -0.1) is 0 Å². The molecule has 0 saturated heterocycles. The lowest BCUT2D eigenvalue weighted by atomic mass is 9.78. The van der Waals surface area contributed by atoms with E-state index in [-0.39, 0.29) is 6.04 Å². The summed E-state index contributed by atoms with van der Waals surface area (Å²) in [4.78, 5) is 4.87. The van der Waals surface area contributed by atoms with E-state index in [0.29, 0.717) is 0 Å². The lowest BCUT2D eigenvalue weighted by Crippen LogP contribution is -2.33. The Morgan fingerprint density at radius 2 is 1.10 bits per heavy atom. The predicted octanol–water partition coefficient (Wildman–Crippen LogP) is 14.9. The molecule has 0 aliphatic heterocycles. The van der Waals surface area contributed by atoms with E-state index in [0.717, 1.165) is 78.7 Å². The molecule has 2 heterocycles. The van der Waals surface area contributed by atoms with Gasteiger partial charge in [-0.25, -0.2) is 0 Å². The molecule has 4 heteroatoms.